The second-order valence-corrected chi connectivity index (χ2v) is 5.05. The second-order valence-electron chi connectivity index (χ2n) is 5.05. The molecule has 6 heteroatoms. The summed E-state index contributed by atoms with van der Waals surface area (Å²) in [4.78, 5) is 16.3. The predicted octanol–water partition coefficient (Wildman–Crippen LogP) is 0.950. The molecule has 106 valence electrons. The van der Waals surface area contributed by atoms with Crippen LogP contribution in [0.2, 0.25) is 0 Å². The van der Waals surface area contributed by atoms with Crippen molar-refractivity contribution in [3.63, 3.8) is 0 Å². The Hall–Kier alpha value is -1.95. The molecule has 20 heavy (non-hydrogen) atoms. The van der Waals surface area contributed by atoms with E-state index in [1.165, 1.54) is 12.1 Å². The van der Waals surface area contributed by atoms with Crippen LogP contribution >= 0.6 is 0 Å². The van der Waals surface area contributed by atoms with Crippen LogP contribution in [-0.4, -0.2) is 30.6 Å². The maximum Gasteiger partial charge on any atom is 0.292 e. The molecule has 0 radical (unpaired) electrons. The molecule has 1 amide bonds. The van der Waals surface area contributed by atoms with Crippen LogP contribution in [0, 0.1) is 5.82 Å². The number of rotatable bonds is 2. The van der Waals surface area contributed by atoms with Crippen LogP contribution in [0.4, 0.5) is 4.39 Å². The normalized spacial score (nSPS) is 22.9. The Bertz CT molecular complexity index is 536. The summed E-state index contributed by atoms with van der Waals surface area (Å²) in [7, 11) is 0. The molecule has 1 spiro atoms. The number of hydrogen-bond acceptors (Lipinski definition) is 4. The van der Waals surface area contributed by atoms with Crippen LogP contribution < -0.4 is 10.6 Å². The molecule has 2 saturated heterocycles. The van der Waals surface area contributed by atoms with Crippen molar-refractivity contribution in [1.29, 1.82) is 0 Å². The first-order valence-electron chi connectivity index (χ1n) is 6.68. The first kappa shape index (κ1) is 13.1. The van der Waals surface area contributed by atoms with E-state index in [1.807, 2.05) is 0 Å². The zero-order chi connectivity index (χ0) is 14.0. The quantitative estimate of drug-likeness (QED) is 0.846. The molecule has 0 saturated carbocycles. The number of nitrogens with one attached hydrogen (secondary N) is 2. The fourth-order valence-corrected chi connectivity index (χ4v) is 2.45. The van der Waals surface area contributed by atoms with Gasteiger partial charge in [0.2, 0.25) is 0 Å². The van der Waals surface area contributed by atoms with Gasteiger partial charge in [-0.2, -0.15) is 0 Å². The van der Waals surface area contributed by atoms with E-state index in [0.717, 1.165) is 18.7 Å². The number of amides is 1. The van der Waals surface area contributed by atoms with Gasteiger partial charge in [-0.25, -0.2) is 9.38 Å². The Morgan fingerprint density at radius 1 is 1.25 bits per heavy atom. The van der Waals surface area contributed by atoms with Crippen LogP contribution in [0.1, 0.15) is 18.4 Å². The molecule has 2 heterocycles. The van der Waals surface area contributed by atoms with Gasteiger partial charge in [-0.3, -0.25) is 10.1 Å². The van der Waals surface area contributed by atoms with Gasteiger partial charge in [-0.05, 0) is 30.8 Å². The van der Waals surface area contributed by atoms with E-state index < -0.39 is 5.60 Å². The van der Waals surface area contributed by atoms with Crippen molar-refractivity contribution in [2.75, 3.05) is 13.1 Å². The third-order valence-electron chi connectivity index (χ3n) is 3.66. The van der Waals surface area contributed by atoms with Crippen LogP contribution in [0.3, 0.4) is 0 Å². The summed E-state index contributed by atoms with van der Waals surface area (Å²) in [5, 5.41) is 5.88. The van der Waals surface area contributed by atoms with E-state index in [2.05, 4.69) is 15.6 Å². The van der Waals surface area contributed by atoms with Gasteiger partial charge in [-0.15, -0.1) is 0 Å². The molecule has 0 atom stereocenters. The van der Waals surface area contributed by atoms with Gasteiger partial charge in [-0.1, -0.05) is 12.1 Å². The first-order valence-corrected chi connectivity index (χ1v) is 6.68. The minimum atomic E-state index is -0.757. The summed E-state index contributed by atoms with van der Waals surface area (Å²) in [6.45, 7) is 1.88. The topological polar surface area (TPSA) is 62.7 Å². The van der Waals surface area contributed by atoms with E-state index in [1.54, 1.807) is 12.1 Å². The van der Waals surface area contributed by atoms with Gasteiger partial charge in [0, 0.05) is 12.8 Å². The summed E-state index contributed by atoms with van der Waals surface area (Å²) >= 11 is 0. The molecule has 2 aliphatic rings. The van der Waals surface area contributed by atoms with Crippen molar-refractivity contribution in [1.82, 2.24) is 10.6 Å². The maximum atomic E-state index is 12.8. The number of carbonyl (C=O) groups is 1. The van der Waals surface area contributed by atoms with E-state index in [-0.39, 0.29) is 17.7 Å². The Morgan fingerprint density at radius 3 is 2.65 bits per heavy atom. The predicted molar refractivity (Wildman–Crippen MR) is 71.6 cm³/mol. The largest absolute Gasteiger partial charge is 0.448 e. The SMILES string of the molecule is O=C1NC(=NCc2ccc(F)cc2)OC12CCNCC2. The number of carbonyl (C=O) groups excluding carboxylic acids is 1. The molecule has 3 rings (SSSR count). The summed E-state index contributed by atoms with van der Waals surface area (Å²) in [6.07, 6.45) is 1.29. The van der Waals surface area contributed by atoms with Gasteiger partial charge >= 0.3 is 0 Å². The minimum absolute atomic E-state index is 0.114. The van der Waals surface area contributed by atoms with Crippen molar-refractivity contribution in [3.05, 3.63) is 35.6 Å². The van der Waals surface area contributed by atoms with Crippen molar-refractivity contribution < 1.29 is 13.9 Å². The molecule has 1 aromatic rings. The number of aliphatic imine (C=N–C) groups is 1. The maximum absolute atomic E-state index is 12.8. The highest BCUT2D eigenvalue weighted by Crippen LogP contribution is 2.27. The second kappa shape index (κ2) is 5.20. The van der Waals surface area contributed by atoms with Gasteiger partial charge in [0.25, 0.3) is 11.9 Å². The number of nitrogens with zero attached hydrogens (tertiary/aromatic N) is 1. The van der Waals surface area contributed by atoms with E-state index in [0.29, 0.717) is 19.4 Å². The molecule has 0 unspecified atom stereocenters. The number of benzene rings is 1. The Labute approximate surface area is 116 Å². The molecule has 1 aromatic carbocycles. The first-order chi connectivity index (χ1) is 9.68. The minimum Gasteiger partial charge on any atom is -0.448 e. The Morgan fingerprint density at radius 2 is 1.95 bits per heavy atom. The number of piperidine rings is 1. The molecular weight excluding hydrogens is 261 g/mol. The zero-order valence-corrected chi connectivity index (χ0v) is 11.0. The van der Waals surface area contributed by atoms with Crippen LogP contribution in [0.15, 0.2) is 29.3 Å². The summed E-state index contributed by atoms with van der Waals surface area (Å²) in [5.41, 5.74) is 0.107. The summed E-state index contributed by atoms with van der Waals surface area (Å²) in [6, 6.07) is 6.36. The molecular formula is C14H16FN3O2. The number of hydrogen-bond donors (Lipinski definition) is 2. The highest BCUT2D eigenvalue weighted by molar-refractivity contribution is 6.04. The van der Waals surface area contributed by atoms with Crippen molar-refractivity contribution in [2.45, 2.75) is 25.0 Å². The fraction of sp³-hybridized carbons (Fsp3) is 0.429. The molecule has 2 aliphatic heterocycles. The van der Waals surface area contributed by atoms with Gasteiger partial charge in [0.15, 0.2) is 5.60 Å². The standard InChI is InChI=1S/C14H16FN3O2/c15-11-3-1-10(2-4-11)9-17-13-18-12(19)14(20-13)5-7-16-8-6-14/h1-4,16H,5-9H2,(H,17,18,19). The van der Waals surface area contributed by atoms with Crippen molar-refractivity contribution in [3.8, 4) is 0 Å². The molecule has 0 aliphatic carbocycles. The smallest absolute Gasteiger partial charge is 0.292 e. The average molecular weight is 277 g/mol. The zero-order valence-electron chi connectivity index (χ0n) is 11.0. The lowest BCUT2D eigenvalue weighted by molar-refractivity contribution is -0.132. The molecule has 5 nitrogen and oxygen atoms in total. The van der Waals surface area contributed by atoms with E-state index in [4.69, 9.17) is 4.74 Å². The fourth-order valence-electron chi connectivity index (χ4n) is 2.45. The Kier molecular flexibility index (Phi) is 3.40. The third-order valence-corrected chi connectivity index (χ3v) is 3.66. The molecule has 2 N–H and O–H groups in total. The number of amidine groups is 1. The number of halogens is 1. The van der Waals surface area contributed by atoms with E-state index >= 15 is 0 Å². The Balaban J connectivity index is 1.68. The van der Waals surface area contributed by atoms with Crippen LogP contribution in [0.25, 0.3) is 0 Å². The van der Waals surface area contributed by atoms with Gasteiger partial charge in [0.05, 0.1) is 6.54 Å². The highest BCUT2D eigenvalue weighted by atomic mass is 19.1. The summed E-state index contributed by atoms with van der Waals surface area (Å²) < 4.78 is 18.5. The third kappa shape index (κ3) is 2.51. The van der Waals surface area contributed by atoms with E-state index in [9.17, 15) is 9.18 Å². The number of ether oxygens (including phenoxy) is 1. The van der Waals surface area contributed by atoms with Crippen molar-refractivity contribution >= 4 is 11.9 Å². The van der Waals surface area contributed by atoms with Crippen LogP contribution in [-0.2, 0) is 16.1 Å². The lowest BCUT2D eigenvalue weighted by atomic mass is 9.92. The summed E-state index contributed by atoms with van der Waals surface area (Å²) in [5.74, 6) is -0.391. The average Bonchev–Trinajstić information content (AvgIpc) is 2.75. The van der Waals surface area contributed by atoms with Gasteiger partial charge in [0.1, 0.15) is 5.82 Å². The lowest BCUT2D eigenvalue weighted by Crippen LogP contribution is -2.47. The molecule has 0 bridgehead atoms. The monoisotopic (exact) mass is 277 g/mol. The highest BCUT2D eigenvalue weighted by Gasteiger charge is 2.48. The molecule has 2 fully saturated rings. The van der Waals surface area contributed by atoms with Crippen molar-refractivity contribution in [2.24, 2.45) is 4.99 Å². The lowest BCUT2D eigenvalue weighted by Gasteiger charge is -2.29. The van der Waals surface area contributed by atoms with Gasteiger partial charge < -0.3 is 10.1 Å². The molecule has 0 aromatic heterocycles. The van der Waals surface area contributed by atoms with Crippen LogP contribution in [0.5, 0.6) is 0 Å².